The lowest BCUT2D eigenvalue weighted by Crippen LogP contribution is -2.12. The summed E-state index contributed by atoms with van der Waals surface area (Å²) >= 11 is 6.66. The average Bonchev–Trinajstić information content (AvgIpc) is 2.45. The van der Waals surface area contributed by atoms with Gasteiger partial charge in [0.15, 0.2) is 0 Å². The molecule has 0 bridgehead atoms. The number of aromatic hydroxyl groups is 1. The second-order valence-corrected chi connectivity index (χ2v) is 7.24. The third kappa shape index (κ3) is 2.06. The largest absolute Gasteiger partial charge is 0.507 e. The first-order valence-electron chi connectivity index (χ1n) is 7.96. The van der Waals surface area contributed by atoms with Crippen LogP contribution in [0.3, 0.4) is 0 Å². The van der Waals surface area contributed by atoms with Crippen molar-refractivity contribution in [3.63, 3.8) is 0 Å². The summed E-state index contributed by atoms with van der Waals surface area (Å²) in [5.74, 6) is 0.782. The molecule has 0 fully saturated rings. The van der Waals surface area contributed by atoms with E-state index in [9.17, 15) is 5.11 Å². The summed E-state index contributed by atoms with van der Waals surface area (Å²) in [6.07, 6.45) is 2.03. The highest BCUT2D eigenvalue weighted by atomic mass is 35.5. The van der Waals surface area contributed by atoms with Crippen LogP contribution in [0, 0.1) is 6.92 Å². The SMILES string of the molecule is C=C(C)C1CCc2c(C)ccc3c(Cl)c(C(C)C)c(O)c1c23. The fourth-order valence-corrected chi connectivity index (χ4v) is 4.33. The minimum Gasteiger partial charge on any atom is -0.507 e. The zero-order valence-electron chi connectivity index (χ0n) is 13.8. The number of allylic oxidation sites excluding steroid dienone is 1. The van der Waals surface area contributed by atoms with E-state index in [0.29, 0.717) is 10.8 Å². The Morgan fingerprint density at radius 2 is 2.05 bits per heavy atom. The maximum Gasteiger partial charge on any atom is 0.124 e. The molecule has 0 radical (unpaired) electrons. The van der Waals surface area contributed by atoms with E-state index in [0.717, 1.165) is 40.3 Å². The molecule has 1 unspecified atom stereocenters. The highest BCUT2D eigenvalue weighted by Gasteiger charge is 2.30. The van der Waals surface area contributed by atoms with Gasteiger partial charge in [0, 0.05) is 22.4 Å². The van der Waals surface area contributed by atoms with E-state index < -0.39 is 0 Å². The van der Waals surface area contributed by atoms with Crippen LogP contribution in [0.25, 0.3) is 10.8 Å². The lowest BCUT2D eigenvalue weighted by atomic mass is 9.75. The standard InChI is InChI=1S/C20H23ClO/c1-10(2)13-8-9-14-12(5)6-7-15-17(14)18(13)20(22)16(11(3)4)19(15)21/h6-7,11,13,22H,1,8-9H2,2-5H3. The summed E-state index contributed by atoms with van der Waals surface area (Å²) in [5, 5.41) is 13.9. The fraction of sp³-hybridized carbons (Fsp3) is 0.400. The first-order valence-corrected chi connectivity index (χ1v) is 8.34. The average molecular weight is 315 g/mol. The molecular formula is C20H23ClO. The molecule has 0 spiro atoms. The summed E-state index contributed by atoms with van der Waals surface area (Å²) in [6, 6.07) is 4.25. The van der Waals surface area contributed by atoms with Crippen LogP contribution in [0.4, 0.5) is 0 Å². The topological polar surface area (TPSA) is 20.2 Å². The first-order chi connectivity index (χ1) is 10.3. The summed E-state index contributed by atoms with van der Waals surface area (Å²) < 4.78 is 0. The van der Waals surface area contributed by atoms with E-state index in [-0.39, 0.29) is 11.8 Å². The number of benzene rings is 2. The normalized spacial score (nSPS) is 17.3. The summed E-state index contributed by atoms with van der Waals surface area (Å²) in [4.78, 5) is 0. The molecule has 2 heteroatoms. The van der Waals surface area contributed by atoms with Crippen molar-refractivity contribution in [2.45, 2.75) is 52.4 Å². The highest BCUT2D eigenvalue weighted by molar-refractivity contribution is 6.37. The van der Waals surface area contributed by atoms with Gasteiger partial charge in [-0.15, -0.1) is 0 Å². The Balaban J connectivity index is 2.53. The molecule has 0 aliphatic heterocycles. The Bertz CT molecular complexity index is 786. The van der Waals surface area contributed by atoms with Crippen LogP contribution in [0.15, 0.2) is 24.3 Å². The van der Waals surface area contributed by atoms with Crippen LogP contribution in [0.2, 0.25) is 5.02 Å². The van der Waals surface area contributed by atoms with Crippen molar-refractivity contribution in [3.05, 3.63) is 51.6 Å². The van der Waals surface area contributed by atoms with Crippen molar-refractivity contribution in [3.8, 4) is 5.75 Å². The van der Waals surface area contributed by atoms with Crippen molar-refractivity contribution in [2.24, 2.45) is 0 Å². The molecule has 3 rings (SSSR count). The zero-order valence-corrected chi connectivity index (χ0v) is 14.5. The molecule has 0 aromatic heterocycles. The molecule has 0 saturated heterocycles. The Kier molecular flexibility index (Phi) is 3.72. The molecule has 0 heterocycles. The molecule has 22 heavy (non-hydrogen) atoms. The summed E-state index contributed by atoms with van der Waals surface area (Å²) in [7, 11) is 0. The van der Waals surface area contributed by atoms with E-state index in [1.807, 2.05) is 0 Å². The van der Waals surface area contributed by atoms with Gasteiger partial charge in [-0.25, -0.2) is 0 Å². The van der Waals surface area contributed by atoms with E-state index >= 15 is 0 Å². The maximum atomic E-state index is 11.0. The molecule has 1 aliphatic rings. The van der Waals surface area contributed by atoms with Gasteiger partial charge < -0.3 is 5.11 Å². The van der Waals surface area contributed by atoms with E-state index in [2.05, 4.69) is 46.4 Å². The Hall–Kier alpha value is -1.47. The number of hydrogen-bond donors (Lipinski definition) is 1. The van der Waals surface area contributed by atoms with Crippen LogP contribution in [0.1, 0.15) is 61.3 Å². The molecular weight excluding hydrogens is 292 g/mol. The van der Waals surface area contributed by atoms with Gasteiger partial charge in [0.25, 0.3) is 0 Å². The third-order valence-corrected chi connectivity index (χ3v) is 5.41. The highest BCUT2D eigenvalue weighted by Crippen LogP contribution is 2.51. The van der Waals surface area contributed by atoms with E-state index in [4.69, 9.17) is 11.6 Å². The van der Waals surface area contributed by atoms with Crippen molar-refractivity contribution < 1.29 is 5.11 Å². The molecule has 116 valence electrons. The Labute approximate surface area is 137 Å². The minimum absolute atomic E-state index is 0.186. The number of rotatable bonds is 2. The minimum atomic E-state index is 0.186. The van der Waals surface area contributed by atoms with Crippen molar-refractivity contribution >= 4 is 22.4 Å². The smallest absolute Gasteiger partial charge is 0.124 e. The van der Waals surface area contributed by atoms with Crippen molar-refractivity contribution in [1.29, 1.82) is 0 Å². The Morgan fingerprint density at radius 1 is 1.36 bits per heavy atom. The third-order valence-electron chi connectivity index (χ3n) is 5.00. The monoisotopic (exact) mass is 314 g/mol. The van der Waals surface area contributed by atoms with Crippen molar-refractivity contribution in [1.82, 2.24) is 0 Å². The summed E-state index contributed by atoms with van der Waals surface area (Å²) in [6.45, 7) is 12.5. The maximum absolute atomic E-state index is 11.0. The number of phenolic OH excluding ortho intramolecular Hbond substituents is 1. The Morgan fingerprint density at radius 3 is 2.64 bits per heavy atom. The van der Waals surface area contributed by atoms with Gasteiger partial charge in [0.1, 0.15) is 5.75 Å². The van der Waals surface area contributed by atoms with Gasteiger partial charge in [-0.3, -0.25) is 0 Å². The van der Waals surface area contributed by atoms with Gasteiger partial charge in [0.05, 0.1) is 5.02 Å². The molecule has 0 amide bonds. The van der Waals surface area contributed by atoms with E-state index in [1.165, 1.54) is 11.1 Å². The van der Waals surface area contributed by atoms with Crippen LogP contribution >= 0.6 is 11.6 Å². The van der Waals surface area contributed by atoms with Crippen molar-refractivity contribution in [2.75, 3.05) is 0 Å². The zero-order chi connectivity index (χ0) is 16.2. The molecule has 1 atom stereocenters. The van der Waals surface area contributed by atoms with Gasteiger partial charge >= 0.3 is 0 Å². The molecule has 2 aromatic rings. The lowest BCUT2D eigenvalue weighted by molar-refractivity contribution is 0.452. The molecule has 1 N–H and O–H groups in total. The number of hydrogen-bond acceptors (Lipinski definition) is 1. The van der Waals surface area contributed by atoms with Crippen LogP contribution in [0.5, 0.6) is 5.75 Å². The fourth-order valence-electron chi connectivity index (χ4n) is 3.87. The van der Waals surface area contributed by atoms with Gasteiger partial charge in [-0.05, 0) is 49.1 Å². The predicted molar refractivity (Wildman–Crippen MR) is 95.3 cm³/mol. The molecule has 1 nitrogen and oxygen atoms in total. The predicted octanol–water partition coefficient (Wildman–Crippen LogP) is 6.24. The summed E-state index contributed by atoms with van der Waals surface area (Å²) in [5.41, 5.74) is 5.63. The van der Waals surface area contributed by atoms with Gasteiger partial charge in [0.2, 0.25) is 0 Å². The molecule has 1 aliphatic carbocycles. The molecule has 0 saturated carbocycles. The number of aryl methyl sites for hydroxylation is 2. The van der Waals surface area contributed by atoms with Crippen LogP contribution in [-0.2, 0) is 6.42 Å². The second-order valence-electron chi connectivity index (χ2n) is 6.87. The molecule has 2 aromatic carbocycles. The van der Waals surface area contributed by atoms with Gasteiger partial charge in [-0.1, -0.05) is 49.7 Å². The lowest BCUT2D eigenvalue weighted by Gasteiger charge is -2.30. The first kappa shape index (κ1) is 15.4. The quantitative estimate of drug-likeness (QED) is 0.651. The number of phenols is 1. The second kappa shape index (κ2) is 5.31. The van der Waals surface area contributed by atoms with Crippen LogP contribution < -0.4 is 0 Å². The van der Waals surface area contributed by atoms with E-state index in [1.54, 1.807) is 0 Å². The number of halogens is 1. The van der Waals surface area contributed by atoms with Gasteiger partial charge in [-0.2, -0.15) is 0 Å². The van der Waals surface area contributed by atoms with Crippen LogP contribution in [-0.4, -0.2) is 5.11 Å².